The van der Waals surface area contributed by atoms with E-state index < -0.39 is 6.10 Å². The van der Waals surface area contributed by atoms with Gasteiger partial charge in [0.2, 0.25) is 0 Å². The van der Waals surface area contributed by atoms with Gasteiger partial charge >= 0.3 is 17.9 Å². The maximum atomic E-state index is 12.9. The number of carbonyl (C=O) groups is 3. The van der Waals surface area contributed by atoms with Crippen molar-refractivity contribution in [2.75, 3.05) is 13.2 Å². The highest BCUT2D eigenvalue weighted by Gasteiger charge is 2.19. The van der Waals surface area contributed by atoms with Crippen LogP contribution in [0.5, 0.6) is 0 Å². The Kier molecular flexibility index (Phi) is 62.3. The molecule has 0 aliphatic carbocycles. The smallest absolute Gasteiger partial charge is 0.306 e. The van der Waals surface area contributed by atoms with Gasteiger partial charge in [-0.2, -0.15) is 0 Å². The fourth-order valence-electron chi connectivity index (χ4n) is 8.79. The number of allylic oxidation sites excluding steroid dienone is 22. The van der Waals surface area contributed by atoms with Crippen molar-refractivity contribution in [3.8, 4) is 0 Å². The molecule has 0 N–H and O–H groups in total. The minimum atomic E-state index is -0.824. The Bertz CT molecular complexity index is 1680. The first-order valence-electron chi connectivity index (χ1n) is 32.7. The lowest BCUT2D eigenvalue weighted by molar-refractivity contribution is -0.167. The minimum absolute atomic E-state index is 0.112. The van der Waals surface area contributed by atoms with Crippen LogP contribution < -0.4 is 0 Å². The zero-order valence-electron chi connectivity index (χ0n) is 51.3. The zero-order valence-corrected chi connectivity index (χ0v) is 51.3. The van der Waals surface area contributed by atoms with Crippen LogP contribution in [0.25, 0.3) is 0 Å². The van der Waals surface area contributed by atoms with E-state index in [4.69, 9.17) is 14.2 Å². The number of rotatable bonds is 58. The lowest BCUT2D eigenvalue weighted by Crippen LogP contribution is -2.30. The van der Waals surface area contributed by atoms with E-state index in [-0.39, 0.29) is 37.5 Å². The van der Waals surface area contributed by atoms with E-state index in [1.54, 1.807) is 0 Å². The van der Waals surface area contributed by atoms with Crippen LogP contribution >= 0.6 is 0 Å². The summed E-state index contributed by atoms with van der Waals surface area (Å²) in [5.41, 5.74) is 0. The van der Waals surface area contributed by atoms with Crippen LogP contribution in [-0.4, -0.2) is 37.2 Å². The van der Waals surface area contributed by atoms with E-state index in [0.29, 0.717) is 25.7 Å². The molecule has 0 aliphatic heterocycles. The highest BCUT2D eigenvalue weighted by molar-refractivity contribution is 5.71. The van der Waals surface area contributed by atoms with Crippen LogP contribution in [0.3, 0.4) is 0 Å². The van der Waals surface area contributed by atoms with Gasteiger partial charge in [0.1, 0.15) is 13.2 Å². The summed E-state index contributed by atoms with van der Waals surface area (Å²) in [6.45, 7) is 6.35. The quantitative estimate of drug-likeness (QED) is 0.0261. The van der Waals surface area contributed by atoms with Crippen molar-refractivity contribution in [3.05, 3.63) is 134 Å². The van der Waals surface area contributed by atoms with Gasteiger partial charge < -0.3 is 14.2 Å². The molecule has 0 fully saturated rings. The SMILES string of the molecule is CC/C=C\C/C=C\C/C=C\C/C=C\C/C=C\C/C=C\CCCCC(=O)OC(COC(=O)CCCC/C=C\C/C=C\C/C=C\C/C=C\CC)COC(=O)CCCCCCCCCCCCCCC/C=C\CCCCCCCCCC. The zero-order chi connectivity index (χ0) is 57.1. The van der Waals surface area contributed by atoms with Gasteiger partial charge in [0.25, 0.3) is 0 Å². The number of ether oxygens (including phenoxy) is 3. The number of unbranched alkanes of at least 4 members (excludes halogenated alkanes) is 25. The van der Waals surface area contributed by atoms with Gasteiger partial charge in [0, 0.05) is 19.3 Å². The molecule has 0 saturated carbocycles. The molecule has 6 nitrogen and oxygen atoms in total. The van der Waals surface area contributed by atoms with Crippen molar-refractivity contribution in [2.45, 2.75) is 297 Å². The van der Waals surface area contributed by atoms with Gasteiger partial charge in [-0.05, 0) is 135 Å². The second-order valence-corrected chi connectivity index (χ2v) is 21.3. The van der Waals surface area contributed by atoms with Crippen LogP contribution in [0.2, 0.25) is 0 Å². The van der Waals surface area contributed by atoms with Gasteiger partial charge in [-0.25, -0.2) is 0 Å². The lowest BCUT2D eigenvalue weighted by Gasteiger charge is -2.18. The third kappa shape index (κ3) is 64.3. The molecule has 0 aromatic rings. The van der Waals surface area contributed by atoms with E-state index in [0.717, 1.165) is 109 Å². The molecule has 79 heavy (non-hydrogen) atoms. The number of hydrogen-bond acceptors (Lipinski definition) is 6. The summed E-state index contributed by atoms with van der Waals surface area (Å²) in [6.07, 6.45) is 93.3. The van der Waals surface area contributed by atoms with E-state index in [1.807, 2.05) is 0 Å². The molecular weight excluding hydrogens is 973 g/mol. The third-order valence-corrected chi connectivity index (χ3v) is 13.6. The second kappa shape index (κ2) is 66.1. The molecule has 0 heterocycles. The fraction of sp³-hybridized carbons (Fsp3) is 0.658. The molecule has 448 valence electrons. The molecule has 0 rings (SSSR count). The van der Waals surface area contributed by atoms with Gasteiger partial charge in [-0.1, -0.05) is 270 Å². The molecule has 1 atom stereocenters. The first kappa shape index (κ1) is 74.5. The van der Waals surface area contributed by atoms with Crippen LogP contribution in [0.4, 0.5) is 0 Å². The average molecular weight is 1090 g/mol. The summed E-state index contributed by atoms with van der Waals surface area (Å²) in [5, 5.41) is 0. The van der Waals surface area contributed by atoms with E-state index in [1.165, 1.54) is 128 Å². The van der Waals surface area contributed by atoms with Crippen LogP contribution in [0.15, 0.2) is 134 Å². The molecule has 1 unspecified atom stereocenters. The van der Waals surface area contributed by atoms with Crippen molar-refractivity contribution in [1.29, 1.82) is 0 Å². The summed E-state index contributed by atoms with van der Waals surface area (Å²) < 4.78 is 16.9. The Balaban J connectivity index is 4.45. The highest BCUT2D eigenvalue weighted by atomic mass is 16.6. The van der Waals surface area contributed by atoms with Gasteiger partial charge in [-0.3, -0.25) is 14.4 Å². The highest BCUT2D eigenvalue weighted by Crippen LogP contribution is 2.16. The maximum Gasteiger partial charge on any atom is 0.306 e. The predicted molar refractivity (Wildman–Crippen MR) is 343 cm³/mol. The number of hydrogen-bond donors (Lipinski definition) is 0. The molecule has 0 spiro atoms. The van der Waals surface area contributed by atoms with Crippen LogP contribution in [0.1, 0.15) is 290 Å². The Labute approximate surface area is 487 Å². The van der Waals surface area contributed by atoms with Crippen molar-refractivity contribution in [3.63, 3.8) is 0 Å². The van der Waals surface area contributed by atoms with Gasteiger partial charge in [-0.15, -0.1) is 0 Å². The van der Waals surface area contributed by atoms with Crippen molar-refractivity contribution in [2.24, 2.45) is 0 Å². The maximum absolute atomic E-state index is 12.9. The predicted octanol–water partition coefficient (Wildman–Crippen LogP) is 22.5. The number of carbonyl (C=O) groups excluding carboxylic acids is 3. The normalized spacial score (nSPS) is 13.0. The molecule has 0 radical (unpaired) electrons. The topological polar surface area (TPSA) is 78.9 Å². The number of esters is 3. The molecule has 0 amide bonds. The lowest BCUT2D eigenvalue weighted by atomic mass is 10.0. The Hall–Kier alpha value is -4.45. The average Bonchev–Trinajstić information content (AvgIpc) is 3.45. The van der Waals surface area contributed by atoms with Crippen molar-refractivity contribution < 1.29 is 28.6 Å². The van der Waals surface area contributed by atoms with E-state index in [2.05, 4.69) is 154 Å². The fourth-order valence-corrected chi connectivity index (χ4v) is 8.79. The summed E-state index contributed by atoms with van der Waals surface area (Å²) >= 11 is 0. The summed E-state index contributed by atoms with van der Waals surface area (Å²) in [4.78, 5) is 38.3. The van der Waals surface area contributed by atoms with Gasteiger partial charge in [0.15, 0.2) is 6.10 Å². The Morgan fingerprint density at radius 2 is 0.494 bits per heavy atom. The van der Waals surface area contributed by atoms with Gasteiger partial charge in [0.05, 0.1) is 0 Å². The largest absolute Gasteiger partial charge is 0.462 e. The van der Waals surface area contributed by atoms with Crippen LogP contribution in [-0.2, 0) is 28.6 Å². The molecule has 6 heteroatoms. The molecule has 0 aliphatic rings. The first-order valence-corrected chi connectivity index (χ1v) is 32.7. The molecule has 0 aromatic carbocycles. The Morgan fingerprint density at radius 3 is 0.810 bits per heavy atom. The molecular formula is C73H120O6. The third-order valence-electron chi connectivity index (χ3n) is 13.6. The Morgan fingerprint density at radius 1 is 0.266 bits per heavy atom. The standard InChI is InChI=1S/C73H120O6/c1-4-7-10-13-16-19-22-25-28-30-32-34-35-36-37-39-40-42-45-48-51-54-57-60-63-66-72(75)78-69-70(68-77-71(74)65-62-59-56-53-50-47-44-27-24-21-18-15-12-9-6-3)79-73(76)67-64-61-58-55-52-49-46-43-41-38-33-31-29-26-23-20-17-14-11-8-5-2/h8-9,11-12,17-18,20-21,26-27,29-30,32-33,38,43-44,46,50,52-53,55,70H,4-7,10,13-16,19,22-25,28,31,34-37,39-42,45,47-49,51,54,56-69H2,1-3H3/b11-8-,12-9-,20-17-,21-18-,29-26-,32-30-,38-33-,44-27-,46-43-,53-50-,55-52-. The molecule has 0 aromatic heterocycles. The molecule has 0 bridgehead atoms. The summed E-state index contributed by atoms with van der Waals surface area (Å²) in [5.74, 6) is -0.997. The first-order chi connectivity index (χ1) is 39.0. The van der Waals surface area contributed by atoms with E-state index >= 15 is 0 Å². The summed E-state index contributed by atoms with van der Waals surface area (Å²) in [7, 11) is 0. The monoisotopic (exact) mass is 1090 g/mol. The minimum Gasteiger partial charge on any atom is -0.462 e. The summed E-state index contributed by atoms with van der Waals surface area (Å²) in [6, 6.07) is 0. The van der Waals surface area contributed by atoms with Crippen molar-refractivity contribution in [1.82, 2.24) is 0 Å². The molecule has 0 saturated heterocycles. The van der Waals surface area contributed by atoms with E-state index in [9.17, 15) is 14.4 Å². The van der Waals surface area contributed by atoms with Crippen molar-refractivity contribution >= 4 is 17.9 Å². The second-order valence-electron chi connectivity index (χ2n) is 21.3. The van der Waals surface area contributed by atoms with Crippen LogP contribution in [0, 0.1) is 0 Å².